The van der Waals surface area contributed by atoms with Gasteiger partial charge in [-0.05, 0) is 17.7 Å². The number of hydrogen-bond acceptors (Lipinski definition) is 0. The van der Waals surface area contributed by atoms with Crippen LogP contribution in [0.15, 0.2) is 79.0 Å². The fourth-order valence-corrected chi connectivity index (χ4v) is 2.61. The van der Waals surface area contributed by atoms with E-state index >= 15 is 0 Å². The molecule has 0 saturated heterocycles. The number of halogens is 1. The van der Waals surface area contributed by atoms with Crippen molar-refractivity contribution in [2.45, 2.75) is 13.0 Å². The first kappa shape index (κ1) is 13.8. The predicted molar refractivity (Wildman–Crippen MR) is 87.2 cm³/mol. The van der Waals surface area contributed by atoms with Crippen molar-refractivity contribution in [3.63, 3.8) is 0 Å². The van der Waals surface area contributed by atoms with Gasteiger partial charge in [0, 0.05) is 24.1 Å². The first-order valence-electron chi connectivity index (χ1n) is 7.11. The van der Waals surface area contributed by atoms with E-state index in [0.717, 1.165) is 23.7 Å². The van der Waals surface area contributed by atoms with E-state index in [1.807, 2.05) is 24.3 Å². The third-order valence-corrected chi connectivity index (χ3v) is 3.79. The van der Waals surface area contributed by atoms with E-state index in [2.05, 4.69) is 59.3 Å². The molecule has 104 valence electrons. The molecular formula is C19H17ClN+. The van der Waals surface area contributed by atoms with Crippen molar-refractivity contribution in [1.82, 2.24) is 0 Å². The number of pyridine rings is 1. The van der Waals surface area contributed by atoms with Gasteiger partial charge in [0.25, 0.3) is 0 Å². The Labute approximate surface area is 130 Å². The summed E-state index contributed by atoms with van der Waals surface area (Å²) in [6.45, 7) is 0.936. The van der Waals surface area contributed by atoms with Crippen LogP contribution in [0.1, 0.15) is 5.56 Å². The molecule has 0 spiro atoms. The zero-order chi connectivity index (χ0) is 14.5. The van der Waals surface area contributed by atoms with Gasteiger partial charge >= 0.3 is 0 Å². The number of aryl methyl sites for hydroxylation is 2. The summed E-state index contributed by atoms with van der Waals surface area (Å²) in [6.07, 6.45) is 3.07. The highest BCUT2D eigenvalue weighted by molar-refractivity contribution is 6.30. The molecule has 0 unspecified atom stereocenters. The SMILES string of the molecule is Clc1cc[n+](CCc2ccccc2)c(-c2ccccc2)c1. The highest BCUT2D eigenvalue weighted by Gasteiger charge is 2.13. The molecule has 0 fully saturated rings. The lowest BCUT2D eigenvalue weighted by Crippen LogP contribution is -2.36. The topological polar surface area (TPSA) is 3.88 Å². The van der Waals surface area contributed by atoms with Gasteiger partial charge in [0.15, 0.2) is 12.7 Å². The van der Waals surface area contributed by atoms with E-state index in [0.29, 0.717) is 0 Å². The van der Waals surface area contributed by atoms with E-state index < -0.39 is 0 Å². The Kier molecular flexibility index (Phi) is 4.32. The molecule has 0 aliphatic heterocycles. The standard InChI is InChI=1S/C19H17ClN/c20-18-12-14-21(13-11-16-7-3-1-4-8-16)19(15-18)17-9-5-2-6-10-17/h1-10,12,14-15H,11,13H2/q+1. The minimum atomic E-state index is 0.768. The number of rotatable bonds is 4. The first-order valence-corrected chi connectivity index (χ1v) is 7.49. The van der Waals surface area contributed by atoms with Crippen molar-refractivity contribution in [2.24, 2.45) is 0 Å². The molecule has 3 rings (SSSR count). The van der Waals surface area contributed by atoms with Crippen LogP contribution >= 0.6 is 11.6 Å². The third-order valence-electron chi connectivity index (χ3n) is 3.55. The summed E-state index contributed by atoms with van der Waals surface area (Å²) in [7, 11) is 0. The summed E-state index contributed by atoms with van der Waals surface area (Å²) in [5, 5.41) is 0.768. The van der Waals surface area contributed by atoms with E-state index in [4.69, 9.17) is 11.6 Å². The van der Waals surface area contributed by atoms with Crippen molar-refractivity contribution in [3.05, 3.63) is 89.6 Å². The normalized spacial score (nSPS) is 10.5. The van der Waals surface area contributed by atoms with Gasteiger partial charge in [0.2, 0.25) is 5.69 Å². The van der Waals surface area contributed by atoms with Gasteiger partial charge in [-0.1, -0.05) is 60.1 Å². The zero-order valence-electron chi connectivity index (χ0n) is 11.7. The molecule has 3 aromatic rings. The van der Waals surface area contributed by atoms with E-state index in [1.54, 1.807) is 0 Å². The lowest BCUT2D eigenvalue weighted by Gasteiger charge is -2.05. The first-order chi connectivity index (χ1) is 10.3. The van der Waals surface area contributed by atoms with E-state index in [9.17, 15) is 0 Å². The molecule has 0 aliphatic rings. The minimum absolute atomic E-state index is 0.768. The van der Waals surface area contributed by atoms with Crippen molar-refractivity contribution < 1.29 is 4.57 Å². The van der Waals surface area contributed by atoms with Crippen LogP contribution in [0.5, 0.6) is 0 Å². The van der Waals surface area contributed by atoms with Crippen molar-refractivity contribution in [3.8, 4) is 11.3 Å². The van der Waals surface area contributed by atoms with Gasteiger partial charge in [-0.2, -0.15) is 4.57 Å². The van der Waals surface area contributed by atoms with E-state index in [-0.39, 0.29) is 0 Å². The molecule has 21 heavy (non-hydrogen) atoms. The van der Waals surface area contributed by atoms with E-state index in [1.165, 1.54) is 11.1 Å². The lowest BCUT2D eigenvalue weighted by atomic mass is 10.1. The Morgan fingerprint density at radius 2 is 1.48 bits per heavy atom. The fourth-order valence-electron chi connectivity index (χ4n) is 2.45. The van der Waals surface area contributed by atoms with Gasteiger partial charge in [-0.3, -0.25) is 0 Å². The zero-order valence-corrected chi connectivity index (χ0v) is 12.5. The number of hydrogen-bond donors (Lipinski definition) is 0. The molecule has 1 aromatic heterocycles. The van der Waals surface area contributed by atoms with Gasteiger partial charge in [-0.15, -0.1) is 0 Å². The molecule has 0 saturated carbocycles. The summed E-state index contributed by atoms with van der Waals surface area (Å²) >= 11 is 6.17. The van der Waals surface area contributed by atoms with Crippen LogP contribution in [-0.4, -0.2) is 0 Å². The molecule has 2 aromatic carbocycles. The minimum Gasteiger partial charge on any atom is -0.198 e. The van der Waals surface area contributed by atoms with Gasteiger partial charge in [0.05, 0.1) is 5.02 Å². The average Bonchev–Trinajstić information content (AvgIpc) is 2.55. The molecule has 0 bridgehead atoms. The lowest BCUT2D eigenvalue weighted by molar-refractivity contribution is -0.685. The Balaban J connectivity index is 1.88. The fraction of sp³-hybridized carbons (Fsp3) is 0.105. The third kappa shape index (κ3) is 3.50. The largest absolute Gasteiger partial charge is 0.213 e. The number of nitrogens with zero attached hydrogens (tertiary/aromatic N) is 1. The van der Waals surface area contributed by atoms with Crippen LogP contribution in [0.4, 0.5) is 0 Å². The maximum Gasteiger partial charge on any atom is 0.213 e. The van der Waals surface area contributed by atoms with Crippen molar-refractivity contribution in [2.75, 3.05) is 0 Å². The molecular weight excluding hydrogens is 278 g/mol. The summed E-state index contributed by atoms with van der Waals surface area (Å²) < 4.78 is 2.26. The molecule has 1 nitrogen and oxygen atoms in total. The second-order valence-corrected chi connectivity index (χ2v) is 5.46. The molecule has 0 atom stereocenters. The quantitative estimate of drug-likeness (QED) is 0.622. The molecule has 0 aliphatic carbocycles. The maximum absolute atomic E-state index is 6.17. The molecule has 0 N–H and O–H groups in total. The average molecular weight is 295 g/mol. The maximum atomic E-state index is 6.17. The van der Waals surface area contributed by atoms with Crippen LogP contribution in [-0.2, 0) is 13.0 Å². The van der Waals surface area contributed by atoms with Crippen molar-refractivity contribution in [1.29, 1.82) is 0 Å². The Hall–Kier alpha value is -2.12. The molecule has 0 amide bonds. The van der Waals surface area contributed by atoms with Gasteiger partial charge < -0.3 is 0 Å². The van der Waals surface area contributed by atoms with Gasteiger partial charge in [-0.25, -0.2) is 0 Å². The highest BCUT2D eigenvalue weighted by Crippen LogP contribution is 2.18. The van der Waals surface area contributed by atoms with Crippen LogP contribution < -0.4 is 4.57 Å². The van der Waals surface area contributed by atoms with Crippen LogP contribution in [0, 0.1) is 0 Å². The summed E-state index contributed by atoms with van der Waals surface area (Å²) in [5.74, 6) is 0. The molecule has 1 heterocycles. The van der Waals surface area contributed by atoms with Crippen LogP contribution in [0.2, 0.25) is 5.02 Å². The number of aromatic nitrogens is 1. The Bertz CT molecular complexity index is 708. The van der Waals surface area contributed by atoms with Crippen LogP contribution in [0.25, 0.3) is 11.3 Å². The summed E-state index contributed by atoms with van der Waals surface area (Å²) in [4.78, 5) is 0. The predicted octanol–water partition coefficient (Wildman–Crippen LogP) is 4.54. The monoisotopic (exact) mass is 294 g/mol. The highest BCUT2D eigenvalue weighted by atomic mass is 35.5. The second-order valence-electron chi connectivity index (χ2n) is 5.03. The summed E-state index contributed by atoms with van der Waals surface area (Å²) in [5.41, 5.74) is 3.69. The number of benzene rings is 2. The Morgan fingerprint density at radius 3 is 2.19 bits per heavy atom. The second kappa shape index (κ2) is 6.55. The molecule has 0 radical (unpaired) electrons. The van der Waals surface area contributed by atoms with Gasteiger partial charge in [0.1, 0.15) is 0 Å². The molecule has 2 heteroatoms. The van der Waals surface area contributed by atoms with Crippen molar-refractivity contribution >= 4 is 11.6 Å². The Morgan fingerprint density at radius 1 is 0.810 bits per heavy atom. The smallest absolute Gasteiger partial charge is 0.198 e. The summed E-state index contributed by atoms with van der Waals surface area (Å²) in [6, 6.07) is 24.9. The van der Waals surface area contributed by atoms with Crippen LogP contribution in [0.3, 0.4) is 0 Å².